The summed E-state index contributed by atoms with van der Waals surface area (Å²) in [6.45, 7) is 3.60. The van der Waals surface area contributed by atoms with Gasteiger partial charge in [0.15, 0.2) is 5.78 Å². The Morgan fingerprint density at radius 3 is 1.50 bits per heavy atom. The number of rotatable bonds is 19. The Kier molecular flexibility index (Phi) is 15.7. The molecule has 6 heteroatoms. The van der Waals surface area contributed by atoms with Crippen molar-refractivity contribution in [1.82, 2.24) is 5.32 Å². The van der Waals surface area contributed by atoms with E-state index in [4.69, 9.17) is 5.11 Å². The molecule has 0 heterocycles. The quantitative estimate of drug-likeness (QED) is 0.221. The van der Waals surface area contributed by atoms with Crippen molar-refractivity contribution in [2.24, 2.45) is 0 Å². The fourth-order valence-electron chi connectivity index (χ4n) is 3.25. The molecule has 0 radical (unpaired) electrons. The van der Waals surface area contributed by atoms with Gasteiger partial charge in [0.2, 0.25) is 5.60 Å². The number of amides is 1. The van der Waals surface area contributed by atoms with Gasteiger partial charge in [-0.05, 0) is 13.3 Å². The summed E-state index contributed by atoms with van der Waals surface area (Å²) in [5.41, 5.74) is -2.47. The van der Waals surface area contributed by atoms with Gasteiger partial charge in [0.25, 0.3) is 5.91 Å². The molecule has 0 aromatic rings. The average Bonchev–Trinajstić information content (AvgIpc) is 2.63. The van der Waals surface area contributed by atoms with Crippen LogP contribution in [0.15, 0.2) is 0 Å². The number of carbonyl (C=O) groups excluding carboxylic acids is 2. The zero-order valence-electron chi connectivity index (χ0n) is 17.9. The fourth-order valence-corrected chi connectivity index (χ4v) is 3.25. The monoisotopic (exact) mass is 399 g/mol. The summed E-state index contributed by atoms with van der Waals surface area (Å²) in [6, 6.07) is 0. The molecule has 6 nitrogen and oxygen atoms in total. The number of Topliss-reactive ketones (excluding diaryl/α,β-unsaturated/α-hetero) is 1. The molecule has 0 saturated carbocycles. The molecule has 0 aliphatic heterocycles. The van der Waals surface area contributed by atoms with Gasteiger partial charge in [-0.25, -0.2) is 0 Å². The molecule has 0 spiro atoms. The average molecular weight is 400 g/mol. The van der Waals surface area contributed by atoms with Gasteiger partial charge in [0.1, 0.15) is 0 Å². The normalized spacial score (nSPS) is 13.1. The van der Waals surface area contributed by atoms with Crippen LogP contribution in [0.2, 0.25) is 0 Å². The molecule has 0 fully saturated rings. The van der Waals surface area contributed by atoms with Gasteiger partial charge in [-0.15, -0.1) is 0 Å². The first-order valence-corrected chi connectivity index (χ1v) is 11.1. The van der Waals surface area contributed by atoms with Crippen LogP contribution in [0.4, 0.5) is 0 Å². The summed E-state index contributed by atoms with van der Waals surface area (Å²) in [4.78, 5) is 34.1. The van der Waals surface area contributed by atoms with E-state index in [9.17, 15) is 19.5 Å². The van der Waals surface area contributed by atoms with E-state index in [0.29, 0.717) is 6.54 Å². The third-order valence-corrected chi connectivity index (χ3v) is 5.18. The molecule has 0 aliphatic carbocycles. The van der Waals surface area contributed by atoms with Crippen LogP contribution in [0.25, 0.3) is 0 Å². The number of nitrogens with one attached hydrogen (secondary N) is 1. The van der Waals surface area contributed by atoms with Crippen LogP contribution in [-0.2, 0) is 14.4 Å². The van der Waals surface area contributed by atoms with Crippen molar-refractivity contribution in [2.75, 3.05) is 6.54 Å². The third-order valence-electron chi connectivity index (χ3n) is 5.18. The van der Waals surface area contributed by atoms with E-state index in [1.807, 2.05) is 0 Å². The lowest BCUT2D eigenvalue weighted by Crippen LogP contribution is -2.53. The number of ketones is 1. The van der Waals surface area contributed by atoms with Crippen LogP contribution < -0.4 is 5.32 Å². The lowest BCUT2D eigenvalue weighted by molar-refractivity contribution is -0.159. The molecule has 1 atom stereocenters. The highest BCUT2D eigenvalue weighted by Gasteiger charge is 2.43. The number of hydrogen-bond donors (Lipinski definition) is 3. The summed E-state index contributed by atoms with van der Waals surface area (Å²) in [5.74, 6) is -3.16. The zero-order chi connectivity index (χ0) is 21.3. The molecule has 3 N–H and O–H groups in total. The Hall–Kier alpha value is -1.43. The standard InChI is InChI=1S/C22H41NO5/c1-3-4-5-6-7-8-9-10-11-12-13-14-15-16-17-23-21(27)22(28,19(2)24)18-20(25)26/h28H,3-18H2,1-2H3,(H,23,27)(H,25,26). The van der Waals surface area contributed by atoms with Crippen LogP contribution in [0, 0.1) is 0 Å². The topological polar surface area (TPSA) is 104 Å². The molecule has 0 rings (SSSR count). The van der Waals surface area contributed by atoms with Crippen LogP contribution in [-0.4, -0.2) is 40.0 Å². The minimum atomic E-state index is -2.47. The molecule has 0 bridgehead atoms. The van der Waals surface area contributed by atoms with E-state index in [2.05, 4.69) is 12.2 Å². The predicted molar refractivity (Wildman–Crippen MR) is 111 cm³/mol. The molecule has 0 aliphatic rings. The van der Waals surface area contributed by atoms with Gasteiger partial charge in [0, 0.05) is 6.54 Å². The first kappa shape index (κ1) is 26.6. The second-order valence-electron chi connectivity index (χ2n) is 7.84. The lowest BCUT2D eigenvalue weighted by atomic mass is 9.94. The van der Waals surface area contributed by atoms with Gasteiger partial charge < -0.3 is 15.5 Å². The molecular formula is C22H41NO5. The Balaban J connectivity index is 3.57. The van der Waals surface area contributed by atoms with E-state index in [-0.39, 0.29) is 0 Å². The minimum Gasteiger partial charge on any atom is -0.481 e. The van der Waals surface area contributed by atoms with Crippen LogP contribution in [0.1, 0.15) is 110 Å². The van der Waals surface area contributed by atoms with Crippen LogP contribution in [0.3, 0.4) is 0 Å². The van der Waals surface area contributed by atoms with Crippen molar-refractivity contribution in [2.45, 2.75) is 116 Å². The highest BCUT2D eigenvalue weighted by molar-refractivity contribution is 6.10. The molecule has 0 aromatic carbocycles. The Labute approximate surface area is 170 Å². The minimum absolute atomic E-state index is 0.339. The number of aliphatic hydroxyl groups is 1. The molecule has 28 heavy (non-hydrogen) atoms. The first-order chi connectivity index (χ1) is 13.3. The summed E-state index contributed by atoms with van der Waals surface area (Å²) in [5, 5.41) is 21.2. The van der Waals surface area contributed by atoms with Crippen molar-refractivity contribution < 1.29 is 24.6 Å². The number of carboxylic acid groups (broad SMARTS) is 1. The summed E-state index contributed by atoms with van der Waals surface area (Å²) >= 11 is 0. The van der Waals surface area contributed by atoms with Crippen molar-refractivity contribution in [3.63, 3.8) is 0 Å². The van der Waals surface area contributed by atoms with Crippen molar-refractivity contribution >= 4 is 17.7 Å². The Bertz CT molecular complexity index is 452. The number of unbranched alkanes of at least 4 members (excludes halogenated alkanes) is 13. The van der Waals surface area contributed by atoms with E-state index in [1.54, 1.807) is 0 Å². The highest BCUT2D eigenvalue weighted by Crippen LogP contribution is 2.14. The van der Waals surface area contributed by atoms with E-state index < -0.39 is 29.7 Å². The van der Waals surface area contributed by atoms with Gasteiger partial charge in [-0.2, -0.15) is 0 Å². The van der Waals surface area contributed by atoms with Gasteiger partial charge in [-0.3, -0.25) is 14.4 Å². The number of carboxylic acids is 1. The second kappa shape index (κ2) is 16.5. The smallest absolute Gasteiger partial charge is 0.307 e. The molecular weight excluding hydrogens is 358 g/mol. The van der Waals surface area contributed by atoms with Crippen molar-refractivity contribution in [3.8, 4) is 0 Å². The number of aliphatic carboxylic acids is 1. The Morgan fingerprint density at radius 2 is 1.14 bits per heavy atom. The van der Waals surface area contributed by atoms with E-state index in [0.717, 1.165) is 26.2 Å². The van der Waals surface area contributed by atoms with Gasteiger partial charge in [0.05, 0.1) is 6.42 Å². The largest absolute Gasteiger partial charge is 0.481 e. The molecule has 164 valence electrons. The maximum Gasteiger partial charge on any atom is 0.307 e. The summed E-state index contributed by atoms with van der Waals surface area (Å²) < 4.78 is 0. The van der Waals surface area contributed by atoms with Gasteiger partial charge in [-0.1, -0.05) is 90.4 Å². The molecule has 0 saturated heterocycles. The van der Waals surface area contributed by atoms with E-state index >= 15 is 0 Å². The van der Waals surface area contributed by atoms with Crippen LogP contribution in [0.5, 0.6) is 0 Å². The third kappa shape index (κ3) is 12.9. The summed E-state index contributed by atoms with van der Waals surface area (Å²) in [7, 11) is 0. The first-order valence-electron chi connectivity index (χ1n) is 11.1. The number of carbonyl (C=O) groups is 3. The molecule has 1 amide bonds. The maximum absolute atomic E-state index is 11.9. The van der Waals surface area contributed by atoms with E-state index in [1.165, 1.54) is 70.6 Å². The maximum atomic E-state index is 11.9. The lowest BCUT2D eigenvalue weighted by Gasteiger charge is -2.22. The SMILES string of the molecule is CCCCCCCCCCCCCCCCNC(=O)C(O)(CC(=O)O)C(C)=O. The van der Waals surface area contributed by atoms with Crippen LogP contribution >= 0.6 is 0 Å². The Morgan fingerprint density at radius 1 is 0.750 bits per heavy atom. The molecule has 1 unspecified atom stereocenters. The molecule has 0 aromatic heterocycles. The zero-order valence-corrected chi connectivity index (χ0v) is 17.9. The summed E-state index contributed by atoms with van der Waals surface area (Å²) in [6.07, 6.45) is 16.4. The van der Waals surface area contributed by atoms with Crippen molar-refractivity contribution in [3.05, 3.63) is 0 Å². The predicted octanol–water partition coefficient (Wildman–Crippen LogP) is 4.38. The number of hydrogen-bond acceptors (Lipinski definition) is 4. The second-order valence-corrected chi connectivity index (χ2v) is 7.84. The fraction of sp³-hybridized carbons (Fsp3) is 0.864. The highest BCUT2D eigenvalue weighted by atomic mass is 16.4. The van der Waals surface area contributed by atoms with Crippen molar-refractivity contribution in [1.29, 1.82) is 0 Å². The van der Waals surface area contributed by atoms with Gasteiger partial charge >= 0.3 is 5.97 Å².